The molecular weight excluding hydrogens is 1030 g/mol. The van der Waals surface area contributed by atoms with Crippen molar-refractivity contribution in [2.75, 3.05) is 13.2 Å². The second-order valence-electron chi connectivity index (χ2n) is 22.1. The summed E-state index contributed by atoms with van der Waals surface area (Å²) in [7, 11) is 0. The number of allylic oxidation sites excluding steroid dienone is 19. The van der Waals surface area contributed by atoms with E-state index in [1.807, 2.05) is 6.08 Å². The highest BCUT2D eigenvalue weighted by Gasteiger charge is 2.47. The molecule has 1 saturated heterocycles. The Balaban J connectivity index is 2.68. The van der Waals surface area contributed by atoms with Gasteiger partial charge in [-0.2, -0.15) is 0 Å². The lowest BCUT2D eigenvalue weighted by atomic mass is 9.99. The zero-order valence-electron chi connectivity index (χ0n) is 51.8. The molecule has 1 aliphatic rings. The van der Waals surface area contributed by atoms with Crippen molar-refractivity contribution >= 4 is 11.9 Å². The average Bonchev–Trinajstić information content (AvgIpc) is 3.44. The van der Waals surface area contributed by atoms with Crippen LogP contribution in [0, 0.1) is 0 Å². The van der Waals surface area contributed by atoms with Gasteiger partial charge in [-0.05, 0) is 116 Å². The van der Waals surface area contributed by atoms with E-state index in [-0.39, 0.29) is 19.4 Å². The molecule has 11 nitrogen and oxygen atoms in total. The molecular formula is C71H119NO10. The van der Waals surface area contributed by atoms with Crippen molar-refractivity contribution in [3.05, 3.63) is 122 Å². The second-order valence-corrected chi connectivity index (χ2v) is 22.1. The fourth-order valence-corrected chi connectivity index (χ4v) is 9.42. The van der Waals surface area contributed by atoms with E-state index >= 15 is 0 Å². The highest BCUT2D eigenvalue weighted by Crippen LogP contribution is 2.26. The molecule has 1 amide bonds. The Hall–Kier alpha value is -3.94. The molecule has 0 radical (unpaired) electrons. The molecule has 0 bridgehead atoms. The lowest BCUT2D eigenvalue weighted by Gasteiger charge is -2.41. The lowest BCUT2D eigenvalue weighted by Crippen LogP contribution is -2.61. The molecule has 0 spiro atoms. The first-order chi connectivity index (χ1) is 40.2. The van der Waals surface area contributed by atoms with Crippen molar-refractivity contribution in [1.82, 2.24) is 5.32 Å². The Labute approximate surface area is 500 Å². The molecule has 1 fully saturated rings. The number of unbranched alkanes of at least 4 members (excludes halogenated alkanes) is 22. The maximum Gasteiger partial charge on any atom is 0.306 e. The summed E-state index contributed by atoms with van der Waals surface area (Å²) in [5.41, 5.74) is 0. The van der Waals surface area contributed by atoms with E-state index in [1.54, 1.807) is 6.08 Å². The van der Waals surface area contributed by atoms with Gasteiger partial charge in [0, 0.05) is 6.42 Å². The fraction of sp³-hybridized carbons (Fsp3) is 0.690. The highest BCUT2D eigenvalue weighted by molar-refractivity contribution is 5.80. The molecule has 1 aliphatic heterocycles. The maximum atomic E-state index is 13.5. The Bertz CT molecular complexity index is 1800. The van der Waals surface area contributed by atoms with E-state index in [0.29, 0.717) is 12.8 Å². The first-order valence-electron chi connectivity index (χ1n) is 32.8. The highest BCUT2D eigenvalue weighted by atomic mass is 16.7. The third-order valence-corrected chi connectivity index (χ3v) is 14.6. The van der Waals surface area contributed by atoms with Gasteiger partial charge in [-0.1, -0.05) is 251 Å². The van der Waals surface area contributed by atoms with Crippen molar-refractivity contribution in [2.45, 2.75) is 301 Å². The van der Waals surface area contributed by atoms with Crippen LogP contribution in [0.1, 0.15) is 252 Å². The number of amides is 1. The average molecular weight is 1150 g/mol. The molecule has 1 heterocycles. The zero-order chi connectivity index (χ0) is 59.6. The predicted molar refractivity (Wildman–Crippen MR) is 342 cm³/mol. The topological polar surface area (TPSA) is 175 Å². The number of nitrogens with one attached hydrogen (secondary N) is 1. The van der Waals surface area contributed by atoms with Crippen LogP contribution in [0.15, 0.2) is 122 Å². The van der Waals surface area contributed by atoms with Crippen molar-refractivity contribution < 1.29 is 49.3 Å². The molecule has 0 aliphatic carbocycles. The van der Waals surface area contributed by atoms with Gasteiger partial charge < -0.3 is 45.1 Å². The van der Waals surface area contributed by atoms with Crippen molar-refractivity contribution in [2.24, 2.45) is 0 Å². The number of esters is 1. The zero-order valence-corrected chi connectivity index (χ0v) is 51.8. The predicted octanol–water partition coefficient (Wildman–Crippen LogP) is 16.2. The summed E-state index contributed by atoms with van der Waals surface area (Å²) in [6.45, 7) is 5.62. The van der Waals surface area contributed by atoms with E-state index in [9.17, 15) is 35.1 Å². The van der Waals surface area contributed by atoms with E-state index in [4.69, 9.17) is 14.2 Å². The summed E-state index contributed by atoms with van der Waals surface area (Å²) in [4.78, 5) is 26.6. The van der Waals surface area contributed by atoms with Crippen LogP contribution in [0.5, 0.6) is 0 Å². The number of ether oxygens (including phenoxy) is 3. The van der Waals surface area contributed by atoms with E-state index in [2.05, 4.69) is 135 Å². The minimum Gasteiger partial charge on any atom is -0.454 e. The van der Waals surface area contributed by atoms with E-state index in [0.717, 1.165) is 135 Å². The van der Waals surface area contributed by atoms with Crippen molar-refractivity contribution in [3.8, 4) is 0 Å². The Morgan fingerprint density at radius 1 is 0.488 bits per heavy atom. The Kier molecular flexibility index (Phi) is 53.3. The second kappa shape index (κ2) is 57.5. The monoisotopic (exact) mass is 1150 g/mol. The van der Waals surface area contributed by atoms with Crippen LogP contribution in [0.25, 0.3) is 0 Å². The van der Waals surface area contributed by atoms with Gasteiger partial charge in [0.25, 0.3) is 0 Å². The molecule has 8 unspecified atom stereocenters. The summed E-state index contributed by atoms with van der Waals surface area (Å²) in [6, 6.07) is -1.05. The smallest absolute Gasteiger partial charge is 0.306 e. The standard InChI is InChI=1S/C71H119NO10/c1-4-7-10-13-16-19-22-25-27-29-31-32-33-35-36-38-40-43-46-49-52-55-58-64(75)70(79)72-62(63(74)57-54-51-48-45-42-24-21-18-15-12-9-6-3)61-80-71-69(68(78)67(77)65(60-73)81-71)82-66(76)59-56-53-50-47-44-41-39-37-34-30-28-26-23-20-17-14-11-8-5-2/h8,11,16-17,19-20,25-28,31-32,34-37,41,44,54,57,62-65,67-69,71,73-75,77-78H,4-7,9-10,12-15,18,21-24,29-30,33,38-40,42-43,45-53,55-56,58-61H2,1-3H3,(H,72,79)/b11-8-,19-16-,20-17-,27-25-,28-26-,32-31-,36-35-,37-34-,44-41-,57-54+. The van der Waals surface area contributed by atoms with Gasteiger partial charge in [0.1, 0.15) is 24.4 Å². The van der Waals surface area contributed by atoms with E-state index < -0.39 is 67.4 Å². The van der Waals surface area contributed by atoms with Crippen molar-refractivity contribution in [1.29, 1.82) is 0 Å². The molecule has 1 rings (SSSR count). The van der Waals surface area contributed by atoms with Crippen LogP contribution in [0.3, 0.4) is 0 Å². The first-order valence-corrected chi connectivity index (χ1v) is 32.8. The van der Waals surface area contributed by atoms with Gasteiger partial charge in [0.15, 0.2) is 12.4 Å². The number of hydrogen-bond acceptors (Lipinski definition) is 10. The summed E-state index contributed by atoms with van der Waals surface area (Å²) in [5, 5.41) is 57.1. The summed E-state index contributed by atoms with van der Waals surface area (Å²) >= 11 is 0. The number of carbonyl (C=O) groups is 2. The molecule has 468 valence electrons. The molecule has 0 saturated carbocycles. The van der Waals surface area contributed by atoms with Crippen molar-refractivity contribution in [3.63, 3.8) is 0 Å². The molecule has 82 heavy (non-hydrogen) atoms. The van der Waals surface area contributed by atoms with Gasteiger partial charge in [0.2, 0.25) is 5.91 Å². The van der Waals surface area contributed by atoms with Gasteiger partial charge in [-0.3, -0.25) is 9.59 Å². The number of aliphatic hydroxyl groups excluding tert-OH is 5. The van der Waals surface area contributed by atoms with E-state index in [1.165, 1.54) is 70.6 Å². The third kappa shape index (κ3) is 44.6. The Morgan fingerprint density at radius 3 is 1.34 bits per heavy atom. The molecule has 11 heteroatoms. The lowest BCUT2D eigenvalue weighted by molar-refractivity contribution is -0.305. The minimum absolute atomic E-state index is 0.0764. The largest absolute Gasteiger partial charge is 0.454 e. The minimum atomic E-state index is -1.64. The summed E-state index contributed by atoms with van der Waals surface area (Å²) in [5.74, 6) is -1.25. The van der Waals surface area contributed by atoms with Crippen LogP contribution in [0.4, 0.5) is 0 Å². The first kappa shape index (κ1) is 76.1. The number of hydrogen-bond donors (Lipinski definition) is 6. The Morgan fingerprint density at radius 2 is 0.878 bits per heavy atom. The third-order valence-electron chi connectivity index (χ3n) is 14.6. The van der Waals surface area contributed by atoms with Crippen LogP contribution in [0.2, 0.25) is 0 Å². The van der Waals surface area contributed by atoms with Crippen LogP contribution in [-0.4, -0.2) is 99.6 Å². The fourth-order valence-electron chi connectivity index (χ4n) is 9.42. The summed E-state index contributed by atoms with van der Waals surface area (Å²) in [6.07, 6.45) is 69.4. The maximum absolute atomic E-state index is 13.5. The van der Waals surface area contributed by atoms with Gasteiger partial charge >= 0.3 is 5.97 Å². The molecule has 0 aromatic rings. The van der Waals surface area contributed by atoms with Crippen LogP contribution in [-0.2, 0) is 23.8 Å². The number of aliphatic hydroxyl groups is 5. The molecule has 0 aromatic heterocycles. The van der Waals surface area contributed by atoms with Gasteiger partial charge in [-0.25, -0.2) is 0 Å². The van der Waals surface area contributed by atoms with Gasteiger partial charge in [-0.15, -0.1) is 0 Å². The summed E-state index contributed by atoms with van der Waals surface area (Å²) < 4.78 is 17.6. The van der Waals surface area contributed by atoms with Crippen LogP contribution < -0.4 is 5.32 Å². The van der Waals surface area contributed by atoms with Gasteiger partial charge in [0.05, 0.1) is 25.4 Å². The number of rotatable bonds is 54. The molecule has 6 N–H and O–H groups in total. The molecule has 8 atom stereocenters. The normalized spacial score (nSPS) is 19.4. The quantitative estimate of drug-likeness (QED) is 0.0195. The SMILES string of the molecule is CC/C=C\C/C=C\C/C=C\C/C=C\C/C=C\CCCCCC(=O)OC1C(OCC(NC(=O)C(O)CCCCCCCC/C=C\C/C=C\C/C=C\C/C=C\CCCCC)C(O)/C=C/CCCCCCCCCCCC)OC(CO)C(O)C1O. The van der Waals surface area contributed by atoms with Crippen LogP contribution >= 0.6 is 0 Å². The number of carbonyl (C=O) groups excluding carboxylic acids is 2. The molecule has 0 aromatic carbocycles.